The van der Waals surface area contributed by atoms with E-state index in [0.29, 0.717) is 35.1 Å². The Morgan fingerprint density at radius 3 is 2.36 bits per heavy atom. The number of nitrogens with two attached hydrogens (primary N) is 1. The van der Waals surface area contributed by atoms with Crippen LogP contribution in [0.2, 0.25) is 10.0 Å². The molecule has 0 atom stereocenters. The lowest BCUT2D eigenvalue weighted by Crippen LogP contribution is -2.46. The van der Waals surface area contributed by atoms with Gasteiger partial charge >= 0.3 is 12.2 Å². The topological polar surface area (TPSA) is 94.6 Å². The first-order chi connectivity index (χ1) is 18.5. The van der Waals surface area contributed by atoms with Crippen LogP contribution >= 0.6 is 23.2 Å². The van der Waals surface area contributed by atoms with Gasteiger partial charge in [0.05, 0.1) is 19.5 Å². The van der Waals surface area contributed by atoms with Gasteiger partial charge in [0.25, 0.3) is 0 Å². The zero-order valence-corrected chi connectivity index (χ0v) is 23.6. The molecule has 0 heterocycles. The number of nitrogens with one attached hydrogen (secondary N) is 2. The maximum Gasteiger partial charge on any atom is 0.390 e. The average molecular weight is 585 g/mol. The molecule has 39 heavy (non-hydrogen) atoms. The number of carbonyl (C=O) groups excluding carboxylic acids is 1. The molecule has 212 valence electrons. The summed E-state index contributed by atoms with van der Waals surface area (Å²) in [5.41, 5.74) is 9.48. The molecule has 0 saturated heterocycles. The van der Waals surface area contributed by atoms with Crippen LogP contribution in [0.15, 0.2) is 64.8 Å². The Morgan fingerprint density at radius 1 is 1.10 bits per heavy atom. The van der Waals surface area contributed by atoms with Gasteiger partial charge in [0.1, 0.15) is 5.84 Å². The van der Waals surface area contributed by atoms with Crippen molar-refractivity contribution in [2.75, 3.05) is 13.1 Å². The third-order valence-electron chi connectivity index (χ3n) is 5.93. The van der Waals surface area contributed by atoms with Crippen LogP contribution in [0.1, 0.15) is 57.1 Å². The number of aliphatic imine (C=N–C) groups is 1. The Morgan fingerprint density at radius 2 is 1.77 bits per heavy atom. The maximum atomic E-state index is 13.0. The van der Waals surface area contributed by atoms with E-state index in [0.717, 1.165) is 34.6 Å². The fourth-order valence-corrected chi connectivity index (χ4v) is 4.08. The Kier molecular flexibility index (Phi) is 12.8. The largest absolute Gasteiger partial charge is 0.400 e. The highest BCUT2D eigenvalue weighted by Gasteiger charge is 2.31. The van der Waals surface area contributed by atoms with Crippen molar-refractivity contribution in [1.82, 2.24) is 10.2 Å². The van der Waals surface area contributed by atoms with Crippen LogP contribution in [0.4, 0.5) is 18.0 Å². The number of amides is 2. The van der Waals surface area contributed by atoms with Crippen molar-refractivity contribution in [1.29, 1.82) is 5.41 Å². The quantitative estimate of drug-likeness (QED) is 0.176. The van der Waals surface area contributed by atoms with E-state index in [2.05, 4.69) is 5.32 Å². The van der Waals surface area contributed by atoms with Crippen LogP contribution in [0.25, 0.3) is 0 Å². The van der Waals surface area contributed by atoms with E-state index >= 15 is 0 Å². The predicted molar refractivity (Wildman–Crippen MR) is 153 cm³/mol. The number of hydrogen-bond donors (Lipinski definition) is 3. The summed E-state index contributed by atoms with van der Waals surface area (Å²) in [5.74, 6) is -0.377. The van der Waals surface area contributed by atoms with Gasteiger partial charge in [-0.05, 0) is 60.7 Å². The first kappa shape index (κ1) is 32.2. The van der Waals surface area contributed by atoms with E-state index in [4.69, 9.17) is 39.3 Å². The minimum Gasteiger partial charge on any atom is -0.400 e. The van der Waals surface area contributed by atoms with Gasteiger partial charge < -0.3 is 11.1 Å². The Hall–Kier alpha value is -3.04. The van der Waals surface area contributed by atoms with Crippen LogP contribution < -0.4 is 11.1 Å². The normalized spacial score (nSPS) is 12.6. The lowest BCUT2D eigenvalue weighted by atomic mass is 9.99. The van der Waals surface area contributed by atoms with Crippen molar-refractivity contribution in [3.05, 3.63) is 81.0 Å². The molecule has 2 aromatic rings. The molecular formula is C28H34Cl2F3N5O. The molecule has 0 aliphatic rings. The van der Waals surface area contributed by atoms with Crippen LogP contribution in [0, 0.1) is 5.41 Å². The second kappa shape index (κ2) is 15.5. The van der Waals surface area contributed by atoms with Gasteiger partial charge in [-0.15, -0.1) is 0 Å². The SMILES string of the molecule is CCCC/C(C(CC)=NCc1ccccc1Cl)=C(/N)CNC(=O)N(CCC(F)(F)F)C(=N)c1ccc(Cl)cc1. The number of rotatable bonds is 12. The highest BCUT2D eigenvalue weighted by Crippen LogP contribution is 2.22. The van der Waals surface area contributed by atoms with Crippen molar-refractivity contribution < 1.29 is 18.0 Å². The third-order valence-corrected chi connectivity index (χ3v) is 6.55. The number of nitrogens with zero attached hydrogens (tertiary/aromatic N) is 2. The van der Waals surface area contributed by atoms with Gasteiger partial charge in [0, 0.05) is 33.6 Å². The summed E-state index contributed by atoms with van der Waals surface area (Å²) in [4.78, 5) is 18.5. The standard InChI is InChI=1S/C28H34Cl2F3N5O/c1-3-5-9-22(25(4-2)36-17-20-8-6-7-10-23(20)30)24(34)18-37-27(39)38(16-15-28(31,32)33)26(35)19-11-13-21(29)14-12-19/h6-8,10-14,35H,3-5,9,15-18,34H2,1-2H3,(H,37,39)/b24-22-,35-26?,36-25?. The number of hydrogen-bond acceptors (Lipinski definition) is 4. The number of alkyl halides is 3. The van der Waals surface area contributed by atoms with Crippen molar-refractivity contribution in [3.8, 4) is 0 Å². The van der Waals surface area contributed by atoms with Gasteiger partial charge in [0.15, 0.2) is 0 Å². The zero-order chi connectivity index (χ0) is 29.0. The molecule has 0 saturated carbocycles. The summed E-state index contributed by atoms with van der Waals surface area (Å²) in [6.45, 7) is 3.53. The van der Waals surface area contributed by atoms with E-state index in [1.807, 2.05) is 32.0 Å². The molecule has 0 bridgehead atoms. The first-order valence-electron chi connectivity index (χ1n) is 12.7. The summed E-state index contributed by atoms with van der Waals surface area (Å²) < 4.78 is 39.0. The highest BCUT2D eigenvalue weighted by atomic mass is 35.5. The molecule has 0 aliphatic carbocycles. The fourth-order valence-electron chi connectivity index (χ4n) is 3.76. The Bertz CT molecular complexity index is 1180. The van der Waals surface area contributed by atoms with Gasteiger partial charge in [-0.25, -0.2) is 4.79 Å². The summed E-state index contributed by atoms with van der Waals surface area (Å²) in [6.07, 6.45) is -2.79. The molecular weight excluding hydrogens is 550 g/mol. The number of carbonyl (C=O) groups is 1. The van der Waals surface area contributed by atoms with E-state index in [-0.39, 0.29) is 17.9 Å². The van der Waals surface area contributed by atoms with Crippen molar-refractivity contribution >= 4 is 40.8 Å². The molecule has 2 rings (SSSR count). The monoisotopic (exact) mass is 583 g/mol. The second-order valence-electron chi connectivity index (χ2n) is 8.85. The smallest absolute Gasteiger partial charge is 0.390 e. The van der Waals surface area contributed by atoms with Crippen LogP contribution in [0.3, 0.4) is 0 Å². The van der Waals surface area contributed by atoms with Gasteiger partial charge in [-0.2, -0.15) is 13.2 Å². The van der Waals surface area contributed by atoms with Crippen molar-refractivity contribution in [3.63, 3.8) is 0 Å². The fraction of sp³-hybridized carbons (Fsp3) is 0.393. The minimum atomic E-state index is -4.50. The maximum absolute atomic E-state index is 13.0. The van der Waals surface area contributed by atoms with E-state index < -0.39 is 25.2 Å². The number of allylic oxidation sites excluding steroid dienone is 1. The Balaban J connectivity index is 2.27. The molecule has 2 aromatic carbocycles. The molecule has 0 radical (unpaired) electrons. The molecule has 0 aromatic heterocycles. The van der Waals surface area contributed by atoms with Crippen LogP contribution in [-0.4, -0.2) is 41.7 Å². The molecule has 11 heteroatoms. The van der Waals surface area contributed by atoms with Crippen LogP contribution in [-0.2, 0) is 6.54 Å². The van der Waals surface area contributed by atoms with Crippen molar-refractivity contribution in [2.24, 2.45) is 10.7 Å². The number of unbranched alkanes of at least 4 members (excludes halogenated alkanes) is 1. The molecule has 4 N–H and O–H groups in total. The summed E-state index contributed by atoms with van der Waals surface area (Å²) in [5, 5.41) is 12.0. The van der Waals surface area contributed by atoms with E-state index in [9.17, 15) is 18.0 Å². The lowest BCUT2D eigenvalue weighted by molar-refractivity contribution is -0.135. The molecule has 0 fully saturated rings. The summed E-state index contributed by atoms with van der Waals surface area (Å²) in [6, 6.07) is 12.5. The molecule has 0 aliphatic heterocycles. The first-order valence-corrected chi connectivity index (χ1v) is 13.4. The lowest BCUT2D eigenvalue weighted by Gasteiger charge is -2.25. The molecule has 0 spiro atoms. The predicted octanol–water partition coefficient (Wildman–Crippen LogP) is 7.74. The molecule has 0 unspecified atom stereocenters. The highest BCUT2D eigenvalue weighted by molar-refractivity contribution is 6.31. The average Bonchev–Trinajstić information content (AvgIpc) is 2.89. The van der Waals surface area contributed by atoms with E-state index in [1.54, 1.807) is 6.07 Å². The third kappa shape index (κ3) is 10.6. The molecule has 6 nitrogen and oxygen atoms in total. The van der Waals surface area contributed by atoms with Gasteiger partial charge in [0.2, 0.25) is 0 Å². The van der Waals surface area contributed by atoms with Crippen molar-refractivity contribution in [2.45, 2.75) is 58.7 Å². The Labute approximate surface area is 237 Å². The number of urea groups is 1. The number of amidine groups is 1. The van der Waals surface area contributed by atoms with Gasteiger partial charge in [-0.3, -0.25) is 15.3 Å². The summed E-state index contributed by atoms with van der Waals surface area (Å²) in [7, 11) is 0. The van der Waals surface area contributed by atoms with Crippen LogP contribution in [0.5, 0.6) is 0 Å². The number of halogens is 5. The molecule has 2 amide bonds. The minimum absolute atomic E-state index is 0.112. The van der Waals surface area contributed by atoms with Gasteiger partial charge in [-0.1, -0.05) is 61.7 Å². The summed E-state index contributed by atoms with van der Waals surface area (Å²) >= 11 is 12.2. The van der Waals surface area contributed by atoms with E-state index in [1.165, 1.54) is 24.3 Å². The number of benzene rings is 2. The second-order valence-corrected chi connectivity index (χ2v) is 9.69. The zero-order valence-electron chi connectivity index (χ0n) is 22.0.